The number of esters is 1. The fourth-order valence-electron chi connectivity index (χ4n) is 6.21. The van der Waals surface area contributed by atoms with Crippen LogP contribution in [-0.4, -0.2) is 41.3 Å². The molecule has 8 rings (SSSR count). The molecule has 2 aliphatic heterocycles. The lowest BCUT2D eigenvalue weighted by Gasteiger charge is -2.55. The van der Waals surface area contributed by atoms with Crippen LogP contribution in [0.5, 0.6) is 0 Å². The van der Waals surface area contributed by atoms with E-state index in [1.165, 1.54) is 13.5 Å². The lowest BCUT2D eigenvalue weighted by atomic mass is 9.77. The summed E-state index contributed by atoms with van der Waals surface area (Å²) in [5.74, 6) is 1.08. The predicted molar refractivity (Wildman–Crippen MR) is 154 cm³/mol. The lowest BCUT2D eigenvalue weighted by Crippen LogP contribution is -2.64. The molecule has 2 aromatic heterocycles. The fraction of sp³-hybridized carbons (Fsp3) is 0.414. The average Bonchev–Trinajstić information content (AvgIpc) is 3.55. The first kappa shape index (κ1) is 25.3. The number of fused-ring (bicyclic) bond motifs is 3. The molecule has 2 saturated heterocycles. The molecular weight excluding hydrogens is 555 g/mol. The van der Waals surface area contributed by atoms with Gasteiger partial charge in [-0.2, -0.15) is 0 Å². The van der Waals surface area contributed by atoms with Gasteiger partial charge in [-0.3, -0.25) is 0 Å². The Balaban J connectivity index is 1.08. The Morgan fingerprint density at radius 2 is 1.92 bits per heavy atom. The summed E-state index contributed by atoms with van der Waals surface area (Å²) in [6.45, 7) is 2.67. The fourth-order valence-corrected chi connectivity index (χ4v) is 8.01. The summed E-state index contributed by atoms with van der Waals surface area (Å²) in [5.41, 5.74) is 5.10. The van der Waals surface area contributed by atoms with Gasteiger partial charge in [-0.05, 0) is 68.9 Å². The highest BCUT2D eigenvalue weighted by molar-refractivity contribution is 7.22. The molecule has 39 heavy (non-hydrogen) atoms. The monoisotopic (exact) mass is 582 g/mol. The van der Waals surface area contributed by atoms with Crippen molar-refractivity contribution in [2.45, 2.75) is 69.6 Å². The first-order valence-electron chi connectivity index (χ1n) is 13.3. The molecule has 4 fully saturated rings. The maximum atomic E-state index is 12.1. The summed E-state index contributed by atoms with van der Waals surface area (Å²) in [6, 6.07) is 10.6. The van der Waals surface area contributed by atoms with Crippen molar-refractivity contribution in [2.24, 2.45) is 0 Å². The Morgan fingerprint density at radius 1 is 1.18 bits per heavy atom. The van der Waals surface area contributed by atoms with Crippen LogP contribution in [0.2, 0.25) is 10.0 Å². The first-order chi connectivity index (χ1) is 18.9. The molecule has 4 heterocycles. The molecule has 1 N–H and O–H groups in total. The van der Waals surface area contributed by atoms with Crippen LogP contribution in [-0.2, 0) is 11.3 Å². The molecule has 0 spiro atoms. The molecule has 0 amide bonds. The minimum atomic E-state index is -0.317. The second-order valence-corrected chi connectivity index (χ2v) is 12.7. The van der Waals surface area contributed by atoms with Crippen molar-refractivity contribution in [3.63, 3.8) is 0 Å². The van der Waals surface area contributed by atoms with E-state index in [2.05, 4.69) is 15.4 Å². The molecule has 10 heteroatoms. The zero-order chi connectivity index (χ0) is 26.8. The molecule has 2 aliphatic carbocycles. The maximum Gasteiger partial charge on any atom is 0.337 e. The number of nitrogens with zero attached hydrogens (tertiary/aromatic N) is 3. The molecule has 4 aliphatic rings. The van der Waals surface area contributed by atoms with Gasteiger partial charge in [-0.1, -0.05) is 45.8 Å². The molecule has 2 bridgehead atoms. The van der Waals surface area contributed by atoms with Crippen molar-refractivity contribution in [1.82, 2.24) is 15.5 Å². The van der Waals surface area contributed by atoms with E-state index in [1.807, 2.05) is 37.3 Å². The SMILES string of the molecule is COC(=O)c1cc(C)c2nc(N3C4CC(NCc5c(-c6c(Cl)cccc6Cl)noc5C5CC5)CC3C4)sc2c1. The zero-order valence-electron chi connectivity index (χ0n) is 21.7. The molecule has 2 unspecified atom stereocenters. The number of rotatable bonds is 7. The van der Waals surface area contributed by atoms with Gasteiger partial charge in [-0.15, -0.1) is 0 Å². The molecule has 4 aromatic rings. The third kappa shape index (κ3) is 4.42. The molecule has 2 atom stereocenters. The van der Waals surface area contributed by atoms with Gasteiger partial charge < -0.3 is 19.5 Å². The standard InChI is InChI=1S/C29H28Cl2N4O3S/c1-14-8-16(28(36)37-2)9-23-25(14)33-29(39-23)35-18-10-17(11-19(35)12-18)32-13-20-26(34-38-27(20)15-6-7-15)24-21(30)4-3-5-22(24)31/h3-5,8-9,15,17-19,32H,6-7,10-13H2,1-2H3. The number of aromatic nitrogens is 2. The summed E-state index contributed by atoms with van der Waals surface area (Å²) in [5, 5.41) is 10.4. The van der Waals surface area contributed by atoms with E-state index in [9.17, 15) is 4.79 Å². The van der Waals surface area contributed by atoms with Crippen LogP contribution in [0.3, 0.4) is 0 Å². The summed E-state index contributed by atoms with van der Waals surface area (Å²) in [4.78, 5) is 19.5. The van der Waals surface area contributed by atoms with Crippen LogP contribution < -0.4 is 10.2 Å². The van der Waals surface area contributed by atoms with Gasteiger partial charge in [-0.25, -0.2) is 9.78 Å². The van der Waals surface area contributed by atoms with Crippen LogP contribution in [0.4, 0.5) is 5.13 Å². The van der Waals surface area contributed by atoms with E-state index in [0.29, 0.717) is 46.2 Å². The number of anilines is 1. The van der Waals surface area contributed by atoms with E-state index in [0.717, 1.165) is 69.2 Å². The minimum absolute atomic E-state index is 0.317. The van der Waals surface area contributed by atoms with E-state index in [-0.39, 0.29) is 5.97 Å². The highest BCUT2D eigenvalue weighted by Gasteiger charge is 2.46. The zero-order valence-corrected chi connectivity index (χ0v) is 24.0. The Bertz CT molecular complexity index is 1560. The van der Waals surface area contributed by atoms with Crippen LogP contribution in [0.1, 0.15) is 65.3 Å². The van der Waals surface area contributed by atoms with Crippen molar-refractivity contribution in [1.29, 1.82) is 0 Å². The molecule has 2 saturated carbocycles. The van der Waals surface area contributed by atoms with Gasteiger partial charge in [0.2, 0.25) is 0 Å². The molecule has 7 nitrogen and oxygen atoms in total. The van der Waals surface area contributed by atoms with Crippen molar-refractivity contribution in [3.05, 3.63) is 62.8 Å². The Kier molecular flexibility index (Phi) is 6.34. The van der Waals surface area contributed by atoms with Crippen molar-refractivity contribution < 1.29 is 14.1 Å². The van der Waals surface area contributed by atoms with Crippen molar-refractivity contribution in [3.8, 4) is 11.3 Å². The van der Waals surface area contributed by atoms with Crippen molar-refractivity contribution in [2.75, 3.05) is 12.0 Å². The quantitative estimate of drug-likeness (QED) is 0.232. The van der Waals surface area contributed by atoms with Gasteiger partial charge >= 0.3 is 5.97 Å². The van der Waals surface area contributed by atoms with E-state index >= 15 is 0 Å². The van der Waals surface area contributed by atoms with Gasteiger partial charge in [0.25, 0.3) is 0 Å². The summed E-state index contributed by atoms with van der Waals surface area (Å²) in [7, 11) is 1.41. The van der Waals surface area contributed by atoms with E-state index < -0.39 is 0 Å². The highest BCUT2D eigenvalue weighted by Crippen LogP contribution is 2.47. The van der Waals surface area contributed by atoms with Gasteiger partial charge in [0.15, 0.2) is 5.13 Å². The highest BCUT2D eigenvalue weighted by atomic mass is 35.5. The predicted octanol–water partition coefficient (Wildman–Crippen LogP) is 7.13. The Morgan fingerprint density at radius 3 is 2.62 bits per heavy atom. The summed E-state index contributed by atoms with van der Waals surface area (Å²) >= 11 is 14.7. The van der Waals surface area contributed by atoms with Crippen LogP contribution in [0.25, 0.3) is 21.5 Å². The number of ether oxygens (including phenoxy) is 1. The Labute approximate surface area is 240 Å². The molecule has 202 valence electrons. The number of piperidine rings is 1. The maximum absolute atomic E-state index is 12.1. The van der Waals surface area contributed by atoms with Crippen LogP contribution >= 0.6 is 34.5 Å². The number of benzene rings is 2. The first-order valence-corrected chi connectivity index (χ1v) is 14.9. The number of aryl methyl sites for hydroxylation is 1. The lowest BCUT2D eigenvalue weighted by molar-refractivity contribution is 0.0601. The van der Waals surface area contributed by atoms with Crippen LogP contribution in [0.15, 0.2) is 34.9 Å². The van der Waals surface area contributed by atoms with Gasteiger partial charge in [0, 0.05) is 41.7 Å². The molecular formula is C29H28Cl2N4O3S. The van der Waals surface area contributed by atoms with E-state index in [4.69, 9.17) is 37.4 Å². The number of thiazole rings is 1. The third-order valence-electron chi connectivity index (χ3n) is 8.29. The topological polar surface area (TPSA) is 80.5 Å². The van der Waals surface area contributed by atoms with Gasteiger partial charge in [0.05, 0.1) is 32.9 Å². The second kappa shape index (κ2) is 9.77. The normalized spacial score (nSPS) is 22.3. The number of carbonyl (C=O) groups excluding carboxylic acids is 1. The van der Waals surface area contributed by atoms with Gasteiger partial charge in [0.1, 0.15) is 11.5 Å². The average molecular weight is 584 g/mol. The number of methoxy groups -OCH3 is 1. The minimum Gasteiger partial charge on any atom is -0.465 e. The number of nitrogens with one attached hydrogen (secondary N) is 1. The largest absolute Gasteiger partial charge is 0.465 e. The number of carbonyl (C=O) groups is 1. The van der Waals surface area contributed by atoms with E-state index in [1.54, 1.807) is 11.3 Å². The number of hydrogen-bond donors (Lipinski definition) is 1. The summed E-state index contributed by atoms with van der Waals surface area (Å²) < 4.78 is 11.8. The molecule has 0 radical (unpaired) electrons. The number of halogens is 2. The molecule has 2 aromatic carbocycles. The Hall–Kier alpha value is -2.65. The van der Waals surface area contributed by atoms with Crippen LogP contribution in [0, 0.1) is 6.92 Å². The third-order valence-corrected chi connectivity index (χ3v) is 9.94. The second-order valence-electron chi connectivity index (χ2n) is 10.9. The summed E-state index contributed by atoms with van der Waals surface area (Å²) in [6.07, 6.45) is 5.53. The van der Waals surface area contributed by atoms with Crippen molar-refractivity contribution >= 4 is 55.9 Å². The smallest absolute Gasteiger partial charge is 0.337 e. The number of hydrogen-bond acceptors (Lipinski definition) is 8.